The van der Waals surface area contributed by atoms with Gasteiger partial charge in [0.05, 0.1) is 29.5 Å². The summed E-state index contributed by atoms with van der Waals surface area (Å²) < 4.78 is 0. The Bertz CT molecular complexity index is 1700. The fourth-order valence-electron chi connectivity index (χ4n) is 9.27. The highest BCUT2D eigenvalue weighted by Gasteiger charge is 2.44. The van der Waals surface area contributed by atoms with Crippen LogP contribution in [0.5, 0.6) is 0 Å². The number of pyridine rings is 1. The molecule has 4 saturated heterocycles. The number of nitrogens with zero attached hydrogens (tertiary/aromatic N) is 6. The zero-order valence-corrected chi connectivity index (χ0v) is 28.6. The van der Waals surface area contributed by atoms with Gasteiger partial charge in [-0.1, -0.05) is 6.07 Å². The van der Waals surface area contributed by atoms with Gasteiger partial charge in [0.15, 0.2) is 0 Å². The number of hydrogen-bond acceptors (Lipinski definition) is 7. The van der Waals surface area contributed by atoms with Gasteiger partial charge in [0.25, 0.3) is 0 Å². The summed E-state index contributed by atoms with van der Waals surface area (Å²) in [6, 6.07) is 7.84. The highest BCUT2D eigenvalue weighted by Crippen LogP contribution is 2.41. The predicted octanol–water partition coefficient (Wildman–Crippen LogP) is 3.01. The lowest BCUT2D eigenvalue weighted by molar-refractivity contribution is -0.132. The molecule has 1 atom stereocenters. The van der Waals surface area contributed by atoms with Crippen LogP contribution in [0.25, 0.3) is 10.9 Å². The highest BCUT2D eigenvalue weighted by atomic mass is 16.2. The Morgan fingerprint density at radius 2 is 1.78 bits per heavy atom. The van der Waals surface area contributed by atoms with Gasteiger partial charge in [-0.15, -0.1) is 0 Å². The minimum Gasteiger partial charge on any atom is -0.340 e. The van der Waals surface area contributed by atoms with E-state index in [0.717, 1.165) is 91.9 Å². The first-order valence-corrected chi connectivity index (χ1v) is 18.3. The van der Waals surface area contributed by atoms with Crippen LogP contribution >= 0.6 is 0 Å². The van der Waals surface area contributed by atoms with Gasteiger partial charge in [-0.25, -0.2) is 4.79 Å². The molecule has 1 aromatic carbocycles. The van der Waals surface area contributed by atoms with E-state index in [9.17, 15) is 14.4 Å². The van der Waals surface area contributed by atoms with Gasteiger partial charge in [0.2, 0.25) is 11.8 Å². The number of aromatic nitrogens is 3. The minimum atomic E-state index is -0.669. The third-order valence-electron chi connectivity index (χ3n) is 12.1. The number of hydrogen-bond donors (Lipinski definition) is 3. The first-order valence-electron chi connectivity index (χ1n) is 18.3. The van der Waals surface area contributed by atoms with Crippen molar-refractivity contribution in [1.29, 1.82) is 0 Å². The lowest BCUT2D eigenvalue weighted by atomic mass is 9.77. The fourth-order valence-corrected chi connectivity index (χ4v) is 9.27. The third-order valence-corrected chi connectivity index (χ3v) is 12.1. The summed E-state index contributed by atoms with van der Waals surface area (Å²) in [5.41, 5.74) is 4.96. The number of urea groups is 1. The van der Waals surface area contributed by atoms with E-state index >= 15 is 0 Å². The third kappa shape index (κ3) is 6.40. The minimum absolute atomic E-state index is 0.0117. The van der Waals surface area contributed by atoms with E-state index in [-0.39, 0.29) is 29.3 Å². The molecule has 12 heteroatoms. The molecule has 260 valence electrons. The quantitative estimate of drug-likeness (QED) is 0.369. The molecule has 0 bridgehead atoms. The number of carbonyl (C=O) groups excluding carboxylic acids is 3. The Kier molecular flexibility index (Phi) is 8.77. The lowest BCUT2D eigenvalue weighted by Gasteiger charge is -2.44. The van der Waals surface area contributed by atoms with Crippen molar-refractivity contribution in [2.24, 2.45) is 5.41 Å². The average molecular weight is 668 g/mol. The van der Waals surface area contributed by atoms with E-state index in [2.05, 4.69) is 42.8 Å². The van der Waals surface area contributed by atoms with Crippen LogP contribution in [0, 0.1) is 12.3 Å². The van der Waals surface area contributed by atoms with Crippen molar-refractivity contribution in [3.8, 4) is 0 Å². The molecule has 0 saturated carbocycles. The van der Waals surface area contributed by atoms with Crippen molar-refractivity contribution < 1.29 is 14.4 Å². The predicted molar refractivity (Wildman–Crippen MR) is 187 cm³/mol. The van der Waals surface area contributed by atoms with Crippen molar-refractivity contribution in [2.75, 3.05) is 57.3 Å². The summed E-state index contributed by atoms with van der Waals surface area (Å²) in [7, 11) is 0. The zero-order chi connectivity index (χ0) is 33.5. The van der Waals surface area contributed by atoms with Crippen LogP contribution in [0.2, 0.25) is 0 Å². The molecule has 4 amide bonds. The summed E-state index contributed by atoms with van der Waals surface area (Å²) in [5, 5.41) is 15.0. The Morgan fingerprint density at radius 3 is 2.57 bits per heavy atom. The Balaban J connectivity index is 0.941. The highest BCUT2D eigenvalue weighted by molar-refractivity contribution is 6.01. The van der Waals surface area contributed by atoms with Crippen molar-refractivity contribution in [3.05, 3.63) is 53.5 Å². The number of aryl methyl sites for hydroxylation is 1. The molecule has 0 aliphatic carbocycles. The summed E-state index contributed by atoms with van der Waals surface area (Å²) in [4.78, 5) is 54.0. The van der Waals surface area contributed by atoms with Crippen molar-refractivity contribution in [2.45, 2.75) is 82.8 Å². The number of amides is 4. The smallest absolute Gasteiger partial charge is 0.318 e. The SMILES string of the molecule is Cc1cc(C[C@@H](NC(=O)N2CCC(N3C(=O)Cc4ncccc43)CC2)C(=O)N2CCC3(CCN(C4CCNCC4)CC3)C2)cc2cn[nH]c12. The van der Waals surface area contributed by atoms with Crippen LogP contribution in [0.15, 0.2) is 36.7 Å². The number of piperidine rings is 3. The van der Waals surface area contributed by atoms with Crippen molar-refractivity contribution in [1.82, 2.24) is 40.5 Å². The average Bonchev–Trinajstić information content (AvgIpc) is 3.86. The lowest BCUT2D eigenvalue weighted by Crippen LogP contribution is -2.56. The number of rotatable bonds is 6. The van der Waals surface area contributed by atoms with E-state index in [4.69, 9.17) is 0 Å². The second kappa shape index (κ2) is 13.4. The van der Waals surface area contributed by atoms with E-state index in [1.54, 1.807) is 6.20 Å². The normalized spacial score (nSPS) is 22.6. The van der Waals surface area contributed by atoms with E-state index < -0.39 is 6.04 Å². The van der Waals surface area contributed by atoms with Gasteiger partial charge in [-0.3, -0.25) is 19.7 Å². The monoisotopic (exact) mass is 667 g/mol. The van der Waals surface area contributed by atoms with Crippen LogP contribution in [0.3, 0.4) is 0 Å². The standard InChI is InChI=1S/C37H49N9O3/c1-25-19-26(20-27-23-40-42-34(25)27)21-31(35(48)45-18-10-37(24-45)8-16-43(17-9-37)28-4-12-38-13-5-28)41-36(49)44-14-6-29(7-15-44)46-32-3-2-11-39-30(32)22-33(46)47/h2-3,11,19-20,23,28-29,31,38H,4-10,12-18,21-22,24H2,1H3,(H,40,42)(H,41,49)/t31-/m1/s1. The molecule has 3 aromatic rings. The second-order valence-electron chi connectivity index (χ2n) is 15.1. The Labute approximate surface area is 288 Å². The largest absolute Gasteiger partial charge is 0.340 e. The van der Waals surface area contributed by atoms with Crippen LogP contribution in [0.1, 0.15) is 61.8 Å². The van der Waals surface area contributed by atoms with E-state index in [0.29, 0.717) is 44.8 Å². The number of anilines is 1. The van der Waals surface area contributed by atoms with Crippen molar-refractivity contribution >= 4 is 34.4 Å². The van der Waals surface area contributed by atoms with Crippen LogP contribution < -0.4 is 15.5 Å². The molecule has 0 unspecified atom stereocenters. The maximum atomic E-state index is 14.4. The molecular weight excluding hydrogens is 618 g/mol. The van der Waals surface area contributed by atoms with Gasteiger partial charge in [-0.2, -0.15) is 5.10 Å². The molecule has 5 aliphatic heterocycles. The second-order valence-corrected chi connectivity index (χ2v) is 15.1. The molecule has 2 aromatic heterocycles. The molecule has 0 radical (unpaired) electrons. The summed E-state index contributed by atoms with van der Waals surface area (Å²) >= 11 is 0. The van der Waals surface area contributed by atoms with E-state index in [1.165, 1.54) is 12.8 Å². The van der Waals surface area contributed by atoms with Crippen LogP contribution in [-0.4, -0.2) is 118 Å². The molecule has 1 spiro atoms. The van der Waals surface area contributed by atoms with E-state index in [1.807, 2.05) is 40.0 Å². The number of fused-ring (bicyclic) bond motifs is 2. The maximum absolute atomic E-state index is 14.4. The molecule has 5 aliphatic rings. The van der Waals surface area contributed by atoms with Gasteiger partial charge >= 0.3 is 6.03 Å². The number of carbonyl (C=O) groups is 3. The van der Waals surface area contributed by atoms with Crippen LogP contribution in [0.4, 0.5) is 10.5 Å². The molecule has 3 N–H and O–H groups in total. The Hall–Kier alpha value is -4.03. The number of aromatic amines is 1. The first kappa shape index (κ1) is 32.2. The molecule has 7 heterocycles. The topological polar surface area (TPSA) is 130 Å². The molecule has 8 rings (SSSR count). The van der Waals surface area contributed by atoms with Crippen LogP contribution in [-0.2, 0) is 22.4 Å². The first-order chi connectivity index (χ1) is 23.9. The number of benzene rings is 1. The maximum Gasteiger partial charge on any atom is 0.318 e. The molecule has 49 heavy (non-hydrogen) atoms. The summed E-state index contributed by atoms with van der Waals surface area (Å²) in [6.45, 7) is 9.04. The van der Waals surface area contributed by atoms with Gasteiger partial charge in [0, 0.05) is 56.3 Å². The summed E-state index contributed by atoms with van der Waals surface area (Å²) in [6.07, 6.45) is 11.4. The van der Waals surface area contributed by atoms with Gasteiger partial charge in [-0.05, 0) is 113 Å². The molecule has 4 fully saturated rings. The van der Waals surface area contributed by atoms with Gasteiger partial charge < -0.3 is 30.2 Å². The van der Waals surface area contributed by atoms with Gasteiger partial charge in [0.1, 0.15) is 6.04 Å². The number of nitrogens with one attached hydrogen (secondary N) is 3. The number of likely N-dealkylation sites (tertiary alicyclic amines) is 3. The molecular formula is C37H49N9O3. The fraction of sp³-hybridized carbons (Fsp3) is 0.595. The zero-order valence-electron chi connectivity index (χ0n) is 28.6. The Morgan fingerprint density at radius 1 is 1.00 bits per heavy atom. The summed E-state index contributed by atoms with van der Waals surface area (Å²) in [5.74, 6) is 0.0881. The number of H-pyrrole nitrogens is 1. The van der Waals surface area contributed by atoms with Crippen molar-refractivity contribution in [3.63, 3.8) is 0 Å². The molecule has 12 nitrogen and oxygen atoms in total.